The summed E-state index contributed by atoms with van der Waals surface area (Å²) in [6, 6.07) is 0. The van der Waals surface area contributed by atoms with Gasteiger partial charge in [0.25, 0.3) is 0 Å². The molecule has 0 saturated carbocycles. The van der Waals surface area contributed by atoms with E-state index in [4.69, 9.17) is 25.2 Å². The largest absolute Gasteiger partial charge is 0.394 e. The van der Waals surface area contributed by atoms with E-state index >= 15 is 0 Å². The summed E-state index contributed by atoms with van der Waals surface area (Å²) in [4.78, 5) is 0. The zero-order chi connectivity index (χ0) is 8.43. The molecule has 5 nitrogen and oxygen atoms in total. The van der Waals surface area contributed by atoms with Crippen molar-refractivity contribution in [3.8, 4) is 0 Å². The van der Waals surface area contributed by atoms with Gasteiger partial charge in [-0.15, -0.1) is 0 Å². The van der Waals surface area contributed by atoms with Crippen molar-refractivity contribution in [2.75, 3.05) is 6.61 Å². The van der Waals surface area contributed by atoms with Crippen molar-refractivity contribution in [1.82, 2.24) is 0 Å². The molecule has 0 amide bonds. The van der Waals surface area contributed by atoms with Crippen LogP contribution in [0, 0.1) is 0 Å². The molecule has 66 valence electrons. The third-order valence-electron chi connectivity index (χ3n) is 1.73. The maximum atomic E-state index is 9.11. The van der Waals surface area contributed by atoms with Gasteiger partial charge in [-0.3, -0.25) is 0 Å². The van der Waals surface area contributed by atoms with E-state index in [0.717, 1.165) is 0 Å². The molecule has 0 radical (unpaired) electrons. The van der Waals surface area contributed by atoms with Gasteiger partial charge >= 0.3 is 0 Å². The molecule has 1 saturated heterocycles. The molecule has 0 spiro atoms. The van der Waals surface area contributed by atoms with Crippen LogP contribution in [0.5, 0.6) is 0 Å². The van der Waals surface area contributed by atoms with Crippen LogP contribution in [0.3, 0.4) is 0 Å². The molecule has 1 rings (SSSR count). The molecule has 0 aliphatic carbocycles. The Hall–Kier alpha value is -0.200. The SMILES string of the molecule is OCC1O[C@@H](O)CC(O)[C@H]1O. The number of hydrogen-bond acceptors (Lipinski definition) is 5. The van der Waals surface area contributed by atoms with Crippen molar-refractivity contribution in [2.24, 2.45) is 0 Å². The van der Waals surface area contributed by atoms with Gasteiger partial charge in [0.15, 0.2) is 6.29 Å². The smallest absolute Gasteiger partial charge is 0.157 e. The highest BCUT2D eigenvalue weighted by atomic mass is 16.6. The summed E-state index contributed by atoms with van der Waals surface area (Å²) in [7, 11) is 0. The molecule has 5 heteroatoms. The van der Waals surface area contributed by atoms with E-state index in [2.05, 4.69) is 0 Å². The molecular weight excluding hydrogens is 152 g/mol. The summed E-state index contributed by atoms with van der Waals surface area (Å²) < 4.78 is 4.71. The molecule has 0 aromatic rings. The van der Waals surface area contributed by atoms with Crippen LogP contribution in [0.2, 0.25) is 0 Å². The van der Waals surface area contributed by atoms with Crippen LogP contribution in [0.25, 0.3) is 0 Å². The Labute approximate surface area is 63.8 Å². The maximum absolute atomic E-state index is 9.11. The minimum Gasteiger partial charge on any atom is -0.394 e. The molecule has 0 aromatic carbocycles. The number of aliphatic hydroxyl groups is 4. The third-order valence-corrected chi connectivity index (χ3v) is 1.73. The summed E-state index contributed by atoms with van der Waals surface area (Å²) in [5.74, 6) is 0. The van der Waals surface area contributed by atoms with Crippen LogP contribution >= 0.6 is 0 Å². The van der Waals surface area contributed by atoms with Crippen molar-refractivity contribution >= 4 is 0 Å². The second-order valence-electron chi connectivity index (χ2n) is 2.61. The predicted octanol–water partition coefficient (Wildman–Crippen LogP) is -2.19. The molecule has 0 bridgehead atoms. The van der Waals surface area contributed by atoms with Crippen molar-refractivity contribution in [2.45, 2.75) is 31.0 Å². The van der Waals surface area contributed by atoms with Crippen LogP contribution < -0.4 is 0 Å². The zero-order valence-electron chi connectivity index (χ0n) is 5.92. The first-order valence-corrected chi connectivity index (χ1v) is 3.45. The second-order valence-corrected chi connectivity index (χ2v) is 2.61. The first-order valence-electron chi connectivity index (χ1n) is 3.45. The Morgan fingerprint density at radius 2 is 1.91 bits per heavy atom. The normalized spacial score (nSPS) is 45.8. The van der Waals surface area contributed by atoms with Crippen LogP contribution in [0.15, 0.2) is 0 Å². The lowest BCUT2D eigenvalue weighted by molar-refractivity contribution is -0.239. The van der Waals surface area contributed by atoms with E-state index in [-0.39, 0.29) is 6.42 Å². The fourth-order valence-corrected chi connectivity index (χ4v) is 1.08. The van der Waals surface area contributed by atoms with Gasteiger partial charge in [0.2, 0.25) is 0 Å². The van der Waals surface area contributed by atoms with Crippen LogP contribution in [0.1, 0.15) is 6.42 Å². The molecule has 4 N–H and O–H groups in total. The van der Waals surface area contributed by atoms with E-state index in [1.807, 2.05) is 0 Å². The number of rotatable bonds is 1. The lowest BCUT2D eigenvalue weighted by atomic mass is 10.0. The highest BCUT2D eigenvalue weighted by Gasteiger charge is 2.35. The van der Waals surface area contributed by atoms with Gasteiger partial charge < -0.3 is 25.2 Å². The average Bonchev–Trinajstić information content (AvgIpc) is 1.96. The van der Waals surface area contributed by atoms with Crippen molar-refractivity contribution in [3.63, 3.8) is 0 Å². The fourth-order valence-electron chi connectivity index (χ4n) is 1.08. The molecule has 1 aliphatic heterocycles. The maximum Gasteiger partial charge on any atom is 0.157 e. The van der Waals surface area contributed by atoms with Gasteiger partial charge in [-0.1, -0.05) is 0 Å². The summed E-state index contributed by atoms with van der Waals surface area (Å²) in [5.41, 5.74) is 0. The molecular formula is C6H12O5. The fraction of sp³-hybridized carbons (Fsp3) is 1.00. The van der Waals surface area contributed by atoms with Crippen molar-refractivity contribution in [1.29, 1.82) is 0 Å². The zero-order valence-corrected chi connectivity index (χ0v) is 5.92. The highest BCUT2D eigenvalue weighted by molar-refractivity contribution is 4.81. The lowest BCUT2D eigenvalue weighted by Crippen LogP contribution is -2.49. The Morgan fingerprint density at radius 1 is 1.27 bits per heavy atom. The van der Waals surface area contributed by atoms with Crippen molar-refractivity contribution < 1.29 is 25.2 Å². The minimum absolute atomic E-state index is 0.0162. The topological polar surface area (TPSA) is 90.2 Å². The minimum atomic E-state index is -1.11. The van der Waals surface area contributed by atoms with Gasteiger partial charge in [0, 0.05) is 6.42 Å². The van der Waals surface area contributed by atoms with E-state index in [1.54, 1.807) is 0 Å². The van der Waals surface area contributed by atoms with E-state index in [0.29, 0.717) is 0 Å². The van der Waals surface area contributed by atoms with Gasteiger partial charge in [0.05, 0.1) is 12.7 Å². The third kappa shape index (κ3) is 1.88. The molecule has 11 heavy (non-hydrogen) atoms. The number of aliphatic hydroxyl groups excluding tert-OH is 4. The first-order chi connectivity index (χ1) is 5.15. The molecule has 1 aliphatic rings. The van der Waals surface area contributed by atoms with E-state index < -0.39 is 31.2 Å². The van der Waals surface area contributed by atoms with E-state index in [1.165, 1.54) is 0 Å². The average molecular weight is 164 g/mol. The van der Waals surface area contributed by atoms with Gasteiger partial charge in [-0.05, 0) is 0 Å². The van der Waals surface area contributed by atoms with Crippen LogP contribution in [-0.2, 0) is 4.74 Å². The van der Waals surface area contributed by atoms with E-state index in [9.17, 15) is 0 Å². The highest BCUT2D eigenvalue weighted by Crippen LogP contribution is 2.18. The molecule has 0 aromatic heterocycles. The molecule has 2 unspecified atom stereocenters. The standard InChI is InChI=1S/C6H12O5/c7-2-4-6(10)3(8)1-5(9)11-4/h3-10H,1-2H2/t3?,4?,5-,6-/m1/s1. The Kier molecular flexibility index (Phi) is 2.80. The molecule has 4 atom stereocenters. The molecule has 1 heterocycles. The Balaban J connectivity index is 2.51. The molecule has 1 fully saturated rings. The van der Waals surface area contributed by atoms with Crippen molar-refractivity contribution in [3.05, 3.63) is 0 Å². The second kappa shape index (κ2) is 3.46. The summed E-state index contributed by atoms with van der Waals surface area (Å²) >= 11 is 0. The first kappa shape index (κ1) is 8.89. The number of ether oxygens (including phenoxy) is 1. The van der Waals surface area contributed by atoms with Gasteiger partial charge in [-0.2, -0.15) is 0 Å². The quantitative estimate of drug-likeness (QED) is 0.353. The summed E-state index contributed by atoms with van der Waals surface area (Å²) in [6.07, 6.45) is -4.11. The summed E-state index contributed by atoms with van der Waals surface area (Å²) in [6.45, 7) is -0.407. The summed E-state index contributed by atoms with van der Waals surface area (Å²) in [5, 5.41) is 35.6. The van der Waals surface area contributed by atoms with Crippen LogP contribution in [-0.4, -0.2) is 51.6 Å². The van der Waals surface area contributed by atoms with Crippen LogP contribution in [0.4, 0.5) is 0 Å². The Bertz CT molecular complexity index is 128. The number of hydrogen-bond donors (Lipinski definition) is 4. The predicted molar refractivity (Wildman–Crippen MR) is 34.6 cm³/mol. The van der Waals surface area contributed by atoms with Gasteiger partial charge in [-0.25, -0.2) is 0 Å². The van der Waals surface area contributed by atoms with Gasteiger partial charge in [0.1, 0.15) is 12.2 Å². The lowest BCUT2D eigenvalue weighted by Gasteiger charge is -2.33. The Morgan fingerprint density at radius 3 is 2.45 bits per heavy atom. The monoisotopic (exact) mass is 164 g/mol.